The van der Waals surface area contributed by atoms with Gasteiger partial charge in [0.15, 0.2) is 0 Å². The minimum Gasteiger partial charge on any atom is -0.462 e. The van der Waals surface area contributed by atoms with E-state index in [1.807, 2.05) is 6.08 Å². The third kappa shape index (κ3) is 6.46. The van der Waals surface area contributed by atoms with Crippen molar-refractivity contribution in [2.24, 2.45) is 11.8 Å². The van der Waals surface area contributed by atoms with E-state index in [0.29, 0.717) is 11.8 Å². The lowest BCUT2D eigenvalue weighted by Crippen LogP contribution is -2.29. The van der Waals surface area contributed by atoms with Crippen LogP contribution in [0.2, 0.25) is 0 Å². The van der Waals surface area contributed by atoms with Gasteiger partial charge in [-0.3, -0.25) is 4.79 Å². The van der Waals surface area contributed by atoms with Gasteiger partial charge in [0, 0.05) is 6.08 Å². The zero-order valence-corrected chi connectivity index (χ0v) is 17.8. The van der Waals surface area contributed by atoms with Crippen LogP contribution in [-0.4, -0.2) is 12.1 Å². The monoisotopic (exact) mass is 393 g/mol. The molecule has 3 nitrogen and oxygen atoms in total. The maximum absolute atomic E-state index is 12.6. The lowest BCUT2D eigenvalue weighted by Gasteiger charge is -2.31. The summed E-state index contributed by atoms with van der Waals surface area (Å²) in [6.45, 7) is 2.23. The summed E-state index contributed by atoms with van der Waals surface area (Å²) in [6.07, 6.45) is 15.2. The molecule has 0 radical (unpaired) electrons. The molecule has 0 spiro atoms. The predicted octanol–water partition coefficient (Wildman–Crippen LogP) is 6.48. The molecule has 0 heterocycles. The summed E-state index contributed by atoms with van der Waals surface area (Å²) in [4.78, 5) is 12.6. The highest BCUT2D eigenvalue weighted by molar-refractivity contribution is 5.72. The van der Waals surface area contributed by atoms with Crippen LogP contribution in [0.15, 0.2) is 36.4 Å². The van der Waals surface area contributed by atoms with E-state index in [-0.39, 0.29) is 18.0 Å². The van der Waals surface area contributed by atoms with Crippen LogP contribution in [0.4, 0.5) is 0 Å². The largest absolute Gasteiger partial charge is 0.462 e. The first-order valence-corrected chi connectivity index (χ1v) is 11.5. The number of hydrogen-bond donors (Lipinski definition) is 0. The molecule has 0 aromatic heterocycles. The molecule has 2 saturated carbocycles. The summed E-state index contributed by atoms with van der Waals surface area (Å²) in [5.74, 6) is 1.15. The molecule has 0 unspecified atom stereocenters. The number of aryl methyl sites for hydroxylation is 1. The van der Waals surface area contributed by atoms with Gasteiger partial charge in [0.05, 0.1) is 12.0 Å². The Hall–Kier alpha value is -2.08. The van der Waals surface area contributed by atoms with Crippen molar-refractivity contribution in [3.8, 4) is 6.07 Å². The number of nitrogens with zero attached hydrogens (tertiary/aromatic N) is 1. The van der Waals surface area contributed by atoms with Crippen LogP contribution in [0.3, 0.4) is 0 Å². The summed E-state index contributed by atoms with van der Waals surface area (Å²) >= 11 is 0. The Balaban J connectivity index is 1.40. The van der Waals surface area contributed by atoms with Crippen LogP contribution >= 0.6 is 0 Å². The average molecular weight is 394 g/mol. The molecule has 0 bridgehead atoms. The van der Waals surface area contributed by atoms with Crippen LogP contribution < -0.4 is 0 Å². The number of allylic oxidation sites excluding steroid dienone is 2. The van der Waals surface area contributed by atoms with Crippen molar-refractivity contribution in [3.63, 3.8) is 0 Å². The number of carbonyl (C=O) groups is 1. The van der Waals surface area contributed by atoms with Gasteiger partial charge in [-0.25, -0.2) is 0 Å². The second-order valence-electron chi connectivity index (χ2n) is 8.86. The van der Waals surface area contributed by atoms with Gasteiger partial charge < -0.3 is 4.74 Å². The van der Waals surface area contributed by atoms with Gasteiger partial charge in [0.1, 0.15) is 6.10 Å². The highest BCUT2D eigenvalue weighted by atomic mass is 16.5. The first-order valence-electron chi connectivity index (χ1n) is 11.5. The fraction of sp³-hybridized carbons (Fsp3) is 0.615. The van der Waals surface area contributed by atoms with Crippen molar-refractivity contribution < 1.29 is 9.53 Å². The van der Waals surface area contributed by atoms with Crippen molar-refractivity contribution in [3.05, 3.63) is 47.5 Å². The standard InChI is InChI=1S/C26H35NO2/c1-2-3-5-20-7-11-22(12-8-20)23-13-15-24(16-14-23)26(28)29-25-17-9-21(10-18-25)6-4-19-27/h4,6-8,11-12,21,23-25H,2-3,5,9-10,13-18H2,1H3/b6-4+/t21?,23-,24-,25?. The van der Waals surface area contributed by atoms with Gasteiger partial charge in [-0.05, 0) is 87.2 Å². The van der Waals surface area contributed by atoms with E-state index in [1.54, 1.807) is 6.08 Å². The van der Waals surface area contributed by atoms with Gasteiger partial charge in [-0.15, -0.1) is 0 Å². The van der Waals surface area contributed by atoms with Gasteiger partial charge in [-0.1, -0.05) is 43.7 Å². The van der Waals surface area contributed by atoms with Crippen LogP contribution in [0, 0.1) is 23.2 Å². The third-order valence-corrected chi connectivity index (χ3v) is 6.78. The molecule has 0 saturated heterocycles. The molecule has 1 aromatic carbocycles. The Bertz CT molecular complexity index is 699. The van der Waals surface area contributed by atoms with E-state index in [1.165, 1.54) is 30.4 Å². The van der Waals surface area contributed by atoms with E-state index < -0.39 is 0 Å². The summed E-state index contributed by atoms with van der Waals surface area (Å²) in [6, 6.07) is 11.2. The molecule has 0 N–H and O–H groups in total. The number of unbranched alkanes of at least 4 members (excludes halogenated alkanes) is 1. The van der Waals surface area contributed by atoms with Crippen LogP contribution in [0.25, 0.3) is 0 Å². The van der Waals surface area contributed by atoms with Gasteiger partial charge >= 0.3 is 5.97 Å². The van der Waals surface area contributed by atoms with E-state index in [2.05, 4.69) is 37.3 Å². The first-order chi connectivity index (χ1) is 14.2. The summed E-state index contributed by atoms with van der Waals surface area (Å²) < 4.78 is 5.85. The third-order valence-electron chi connectivity index (χ3n) is 6.78. The second kappa shape index (κ2) is 11.2. The molecule has 2 aliphatic carbocycles. The summed E-state index contributed by atoms with van der Waals surface area (Å²) in [5.41, 5.74) is 2.87. The maximum atomic E-state index is 12.6. The van der Waals surface area contributed by atoms with Gasteiger partial charge in [0.25, 0.3) is 0 Å². The summed E-state index contributed by atoms with van der Waals surface area (Å²) in [7, 11) is 0. The summed E-state index contributed by atoms with van der Waals surface area (Å²) in [5, 5.41) is 8.64. The zero-order chi connectivity index (χ0) is 20.5. The molecule has 2 fully saturated rings. The van der Waals surface area contributed by atoms with E-state index in [4.69, 9.17) is 10.00 Å². The zero-order valence-electron chi connectivity index (χ0n) is 17.8. The Morgan fingerprint density at radius 2 is 1.76 bits per heavy atom. The quantitative estimate of drug-likeness (QED) is 0.393. The Kier molecular flexibility index (Phi) is 8.35. The number of carbonyl (C=O) groups excluding carboxylic acids is 1. The minimum atomic E-state index is 0.0226. The highest BCUT2D eigenvalue weighted by Gasteiger charge is 2.30. The van der Waals surface area contributed by atoms with Crippen molar-refractivity contribution in [2.45, 2.75) is 89.6 Å². The maximum Gasteiger partial charge on any atom is 0.309 e. The van der Waals surface area contributed by atoms with Crippen molar-refractivity contribution in [1.29, 1.82) is 5.26 Å². The number of rotatable bonds is 7. The normalized spacial score (nSPS) is 27.4. The lowest BCUT2D eigenvalue weighted by molar-refractivity contribution is -0.157. The Labute approximate surface area is 176 Å². The minimum absolute atomic E-state index is 0.0226. The van der Waals surface area contributed by atoms with E-state index in [0.717, 1.165) is 51.4 Å². The molecule has 156 valence electrons. The van der Waals surface area contributed by atoms with Crippen LogP contribution in [-0.2, 0) is 16.0 Å². The number of benzene rings is 1. The van der Waals surface area contributed by atoms with Gasteiger partial charge in [-0.2, -0.15) is 5.26 Å². The highest BCUT2D eigenvalue weighted by Crippen LogP contribution is 2.37. The molecular weight excluding hydrogens is 358 g/mol. The number of esters is 1. The topological polar surface area (TPSA) is 50.1 Å². The molecule has 29 heavy (non-hydrogen) atoms. The van der Waals surface area contributed by atoms with Crippen molar-refractivity contribution in [1.82, 2.24) is 0 Å². The molecule has 1 aromatic rings. The lowest BCUT2D eigenvalue weighted by atomic mass is 9.78. The Morgan fingerprint density at radius 3 is 2.38 bits per heavy atom. The molecule has 3 rings (SSSR count). The molecule has 0 aliphatic heterocycles. The van der Waals surface area contributed by atoms with E-state index >= 15 is 0 Å². The SMILES string of the molecule is CCCCc1ccc([C@H]2CC[C@H](C(=O)OC3CCC(/C=C/C#N)CC3)CC2)cc1. The molecule has 3 heteroatoms. The molecular formula is C26H35NO2. The first kappa shape index (κ1) is 21.6. The van der Waals surface area contributed by atoms with Gasteiger partial charge in [0.2, 0.25) is 0 Å². The molecule has 2 aliphatic rings. The number of nitriles is 1. The van der Waals surface area contributed by atoms with Crippen molar-refractivity contribution in [2.75, 3.05) is 0 Å². The molecule has 0 amide bonds. The van der Waals surface area contributed by atoms with E-state index in [9.17, 15) is 4.79 Å². The Morgan fingerprint density at radius 1 is 1.07 bits per heavy atom. The fourth-order valence-corrected chi connectivity index (χ4v) is 4.84. The van der Waals surface area contributed by atoms with Crippen molar-refractivity contribution >= 4 is 5.97 Å². The molecule has 0 atom stereocenters. The second-order valence-corrected chi connectivity index (χ2v) is 8.86. The number of hydrogen-bond acceptors (Lipinski definition) is 3. The average Bonchev–Trinajstić information content (AvgIpc) is 2.77. The smallest absolute Gasteiger partial charge is 0.309 e. The van der Waals surface area contributed by atoms with Crippen LogP contribution in [0.5, 0.6) is 0 Å². The van der Waals surface area contributed by atoms with Crippen LogP contribution in [0.1, 0.15) is 88.2 Å². The fourth-order valence-electron chi connectivity index (χ4n) is 4.84. The predicted molar refractivity (Wildman–Crippen MR) is 116 cm³/mol. The number of ether oxygens (including phenoxy) is 1.